The number of carbonyl (C=O) groups excluding carboxylic acids is 1. The van der Waals surface area contributed by atoms with Crippen molar-refractivity contribution in [2.45, 2.75) is 26.0 Å². The van der Waals surface area contributed by atoms with Crippen molar-refractivity contribution in [1.82, 2.24) is 9.78 Å². The molecule has 1 N–H and O–H groups in total. The quantitative estimate of drug-likeness (QED) is 0.650. The summed E-state index contributed by atoms with van der Waals surface area (Å²) < 4.78 is 2.82. The Bertz CT molecular complexity index is 1030. The van der Waals surface area contributed by atoms with Crippen molar-refractivity contribution < 1.29 is 9.63 Å². The first-order chi connectivity index (χ1) is 13.6. The average Bonchev–Trinajstić information content (AvgIpc) is 3.30. The van der Waals surface area contributed by atoms with E-state index in [2.05, 4.69) is 31.5 Å². The summed E-state index contributed by atoms with van der Waals surface area (Å²) in [6.45, 7) is 2.62. The maximum Gasteiger partial charge on any atom is 0.269 e. The number of carbonyl (C=O) groups is 1. The highest BCUT2D eigenvalue weighted by molar-refractivity contribution is 9.10. The second kappa shape index (κ2) is 7.98. The van der Waals surface area contributed by atoms with Crippen LogP contribution in [0.4, 0.5) is 5.82 Å². The lowest BCUT2D eigenvalue weighted by Crippen LogP contribution is -2.28. The van der Waals surface area contributed by atoms with Crippen molar-refractivity contribution in [2.75, 3.05) is 5.32 Å². The first-order valence-corrected chi connectivity index (χ1v) is 9.75. The lowest BCUT2D eigenvalue weighted by Gasteiger charge is -2.07. The Morgan fingerprint density at radius 3 is 2.82 bits per heavy atom. The molecule has 1 aromatic heterocycles. The van der Waals surface area contributed by atoms with Crippen molar-refractivity contribution in [3.8, 4) is 0 Å². The Morgan fingerprint density at radius 2 is 2.04 bits per heavy atom. The second-order valence-electron chi connectivity index (χ2n) is 6.65. The molecule has 2 aromatic carbocycles. The number of hydrogen-bond acceptors (Lipinski definition) is 4. The fourth-order valence-corrected chi connectivity index (χ4v) is 3.45. The van der Waals surface area contributed by atoms with Crippen LogP contribution >= 0.6 is 15.9 Å². The van der Waals surface area contributed by atoms with Gasteiger partial charge in [0.2, 0.25) is 6.10 Å². The van der Waals surface area contributed by atoms with Crippen molar-refractivity contribution in [2.24, 2.45) is 5.16 Å². The molecule has 1 amide bonds. The summed E-state index contributed by atoms with van der Waals surface area (Å²) in [5.74, 6) is 0.260. The molecule has 0 bridgehead atoms. The average molecular weight is 439 g/mol. The summed E-state index contributed by atoms with van der Waals surface area (Å²) in [5.41, 5.74) is 3.82. The second-order valence-corrected chi connectivity index (χ2v) is 7.57. The van der Waals surface area contributed by atoms with Gasteiger partial charge in [-0.1, -0.05) is 63.6 Å². The van der Waals surface area contributed by atoms with Crippen LogP contribution in [0.3, 0.4) is 0 Å². The minimum Gasteiger partial charge on any atom is -0.382 e. The van der Waals surface area contributed by atoms with Gasteiger partial charge < -0.3 is 10.2 Å². The van der Waals surface area contributed by atoms with Crippen LogP contribution in [0, 0.1) is 6.92 Å². The smallest absolute Gasteiger partial charge is 0.269 e. The first-order valence-electron chi connectivity index (χ1n) is 8.96. The van der Waals surface area contributed by atoms with Crippen LogP contribution < -0.4 is 5.32 Å². The van der Waals surface area contributed by atoms with Crippen molar-refractivity contribution >= 4 is 33.4 Å². The summed E-state index contributed by atoms with van der Waals surface area (Å²) in [4.78, 5) is 17.9. The maximum absolute atomic E-state index is 12.6. The van der Waals surface area contributed by atoms with Crippen LogP contribution in [0.25, 0.3) is 0 Å². The van der Waals surface area contributed by atoms with E-state index in [-0.39, 0.29) is 5.91 Å². The molecule has 0 radical (unpaired) electrons. The van der Waals surface area contributed by atoms with E-state index >= 15 is 0 Å². The highest BCUT2D eigenvalue weighted by Crippen LogP contribution is 2.21. The zero-order chi connectivity index (χ0) is 19.5. The summed E-state index contributed by atoms with van der Waals surface area (Å²) >= 11 is 3.44. The molecule has 0 spiro atoms. The Labute approximate surface area is 171 Å². The Morgan fingerprint density at radius 1 is 1.21 bits per heavy atom. The third-order valence-corrected chi connectivity index (χ3v) is 5.02. The van der Waals surface area contributed by atoms with Crippen molar-refractivity contribution in [3.05, 3.63) is 82.0 Å². The van der Waals surface area contributed by atoms with Crippen LogP contribution in [0.5, 0.6) is 0 Å². The molecular formula is C21H19BrN4O2. The number of amides is 1. The third-order valence-electron chi connectivity index (χ3n) is 4.53. The number of rotatable bonds is 5. The van der Waals surface area contributed by atoms with Gasteiger partial charge in [0.05, 0.1) is 12.3 Å². The molecule has 1 unspecified atom stereocenters. The Balaban J connectivity index is 1.39. The number of halogens is 1. The van der Waals surface area contributed by atoms with Crippen LogP contribution in [0.1, 0.15) is 23.2 Å². The predicted molar refractivity (Wildman–Crippen MR) is 111 cm³/mol. The highest BCUT2D eigenvalue weighted by atomic mass is 79.9. The number of anilines is 1. The summed E-state index contributed by atoms with van der Waals surface area (Å²) in [6.07, 6.45) is -0.236. The molecule has 7 heteroatoms. The molecule has 1 aliphatic heterocycles. The fraction of sp³-hybridized carbons (Fsp3) is 0.190. The van der Waals surface area contributed by atoms with Crippen LogP contribution in [-0.4, -0.2) is 27.5 Å². The molecule has 0 fully saturated rings. The molecule has 142 valence electrons. The van der Waals surface area contributed by atoms with E-state index in [9.17, 15) is 4.79 Å². The molecular weight excluding hydrogens is 420 g/mol. The van der Waals surface area contributed by atoms with Gasteiger partial charge in [-0.15, -0.1) is 0 Å². The number of benzene rings is 2. The van der Waals surface area contributed by atoms with E-state index in [1.54, 1.807) is 0 Å². The van der Waals surface area contributed by atoms with Gasteiger partial charge in [-0.05, 0) is 24.6 Å². The van der Waals surface area contributed by atoms with Crippen LogP contribution in [0.2, 0.25) is 0 Å². The molecule has 1 atom stereocenters. The lowest BCUT2D eigenvalue weighted by molar-refractivity contribution is -0.125. The largest absolute Gasteiger partial charge is 0.382 e. The highest BCUT2D eigenvalue weighted by Gasteiger charge is 2.29. The van der Waals surface area contributed by atoms with Crippen LogP contribution in [0.15, 0.2) is 70.3 Å². The molecule has 4 rings (SSSR count). The Kier molecular flexibility index (Phi) is 5.25. The van der Waals surface area contributed by atoms with E-state index in [0.717, 1.165) is 27.0 Å². The van der Waals surface area contributed by atoms with Gasteiger partial charge in [0.25, 0.3) is 5.91 Å². The topological polar surface area (TPSA) is 68.5 Å². The van der Waals surface area contributed by atoms with Gasteiger partial charge in [-0.25, -0.2) is 0 Å². The zero-order valence-electron chi connectivity index (χ0n) is 15.3. The van der Waals surface area contributed by atoms with E-state index < -0.39 is 6.10 Å². The van der Waals surface area contributed by atoms with E-state index in [1.807, 2.05) is 72.3 Å². The lowest BCUT2D eigenvalue weighted by atomic mass is 10.0. The van der Waals surface area contributed by atoms with Crippen LogP contribution in [-0.2, 0) is 16.2 Å². The third kappa shape index (κ3) is 4.14. The SMILES string of the molecule is Cc1cc(NC(=O)C2CC(c3cccc(Br)c3)=NO2)nn1Cc1ccccc1. The van der Waals surface area contributed by atoms with Gasteiger partial charge >= 0.3 is 0 Å². The normalized spacial score (nSPS) is 15.8. The molecule has 0 saturated heterocycles. The number of hydrogen-bond donors (Lipinski definition) is 1. The standard InChI is InChI=1S/C21H19BrN4O2/c1-14-10-20(24-26(14)13-15-6-3-2-4-7-15)23-21(27)19-12-18(25-28-19)16-8-5-9-17(22)11-16/h2-11,19H,12-13H2,1H3,(H,23,24,27). The molecule has 1 aliphatic rings. The molecule has 6 nitrogen and oxygen atoms in total. The minimum atomic E-state index is -0.659. The molecule has 0 saturated carbocycles. The number of aryl methyl sites for hydroxylation is 1. The molecule has 2 heterocycles. The number of nitrogens with zero attached hydrogens (tertiary/aromatic N) is 3. The van der Waals surface area contributed by atoms with E-state index in [1.165, 1.54) is 0 Å². The first kappa shape index (κ1) is 18.4. The van der Waals surface area contributed by atoms with Gasteiger partial charge in [0.1, 0.15) is 0 Å². The van der Waals surface area contributed by atoms with E-state index in [0.29, 0.717) is 18.8 Å². The number of oxime groups is 1. The van der Waals surface area contributed by atoms with Gasteiger partial charge in [-0.3, -0.25) is 9.48 Å². The summed E-state index contributed by atoms with van der Waals surface area (Å²) in [6, 6.07) is 19.7. The molecule has 28 heavy (non-hydrogen) atoms. The summed E-state index contributed by atoms with van der Waals surface area (Å²) in [7, 11) is 0. The fourth-order valence-electron chi connectivity index (χ4n) is 3.05. The number of nitrogens with one attached hydrogen (secondary N) is 1. The Hall–Kier alpha value is -2.93. The number of aromatic nitrogens is 2. The molecule has 0 aliphatic carbocycles. The predicted octanol–water partition coefficient (Wildman–Crippen LogP) is 4.13. The van der Waals surface area contributed by atoms with Gasteiger partial charge in [-0.2, -0.15) is 5.10 Å². The van der Waals surface area contributed by atoms with E-state index in [4.69, 9.17) is 4.84 Å². The summed E-state index contributed by atoms with van der Waals surface area (Å²) in [5, 5.41) is 11.4. The monoisotopic (exact) mass is 438 g/mol. The van der Waals surface area contributed by atoms with Gasteiger partial charge in [0, 0.05) is 28.2 Å². The zero-order valence-corrected chi connectivity index (χ0v) is 16.9. The van der Waals surface area contributed by atoms with Crippen molar-refractivity contribution in [3.63, 3.8) is 0 Å². The van der Waals surface area contributed by atoms with Gasteiger partial charge in [0.15, 0.2) is 5.82 Å². The molecule has 3 aromatic rings. The minimum absolute atomic E-state index is 0.252. The van der Waals surface area contributed by atoms with Crippen molar-refractivity contribution in [1.29, 1.82) is 0 Å². The maximum atomic E-state index is 12.6.